The van der Waals surface area contributed by atoms with Crippen LogP contribution in [0.15, 0.2) is 22.4 Å². The van der Waals surface area contributed by atoms with Crippen molar-refractivity contribution in [3.63, 3.8) is 0 Å². The van der Waals surface area contributed by atoms with Gasteiger partial charge < -0.3 is 5.73 Å². The minimum Gasteiger partial charge on any atom is -0.402 e. The van der Waals surface area contributed by atoms with Crippen LogP contribution >= 0.6 is 11.6 Å². The van der Waals surface area contributed by atoms with Crippen LogP contribution in [0.1, 0.15) is 13.8 Å². The number of nitrogens with two attached hydrogens (primary N) is 1. The molecule has 0 aliphatic rings. The molecule has 12 heavy (non-hydrogen) atoms. The standard InChI is InChI=1S/C7H9ClF3N/c1-4(12)3-6(5(2)8)7(9,10)11/h3H,12H2,1-2H3/b4-3+,6-5-. The molecule has 0 saturated carbocycles. The highest BCUT2D eigenvalue weighted by Gasteiger charge is 2.33. The predicted molar refractivity (Wildman–Crippen MR) is 42.6 cm³/mol. The van der Waals surface area contributed by atoms with E-state index in [4.69, 9.17) is 17.3 Å². The van der Waals surface area contributed by atoms with Gasteiger partial charge in [0.05, 0.1) is 5.57 Å². The summed E-state index contributed by atoms with van der Waals surface area (Å²) in [6.07, 6.45) is -3.63. The normalized spacial score (nSPS) is 16.0. The van der Waals surface area contributed by atoms with E-state index >= 15 is 0 Å². The zero-order chi connectivity index (χ0) is 9.94. The molecule has 0 radical (unpaired) electrons. The fourth-order valence-electron chi connectivity index (χ4n) is 0.604. The van der Waals surface area contributed by atoms with Crippen molar-refractivity contribution in [1.82, 2.24) is 0 Å². The molecule has 0 aromatic rings. The molecule has 0 unspecified atom stereocenters. The second kappa shape index (κ2) is 3.85. The van der Waals surface area contributed by atoms with Gasteiger partial charge in [-0.05, 0) is 19.9 Å². The average Bonchev–Trinajstić information content (AvgIpc) is 1.79. The Morgan fingerprint density at radius 2 is 1.75 bits per heavy atom. The Morgan fingerprint density at radius 1 is 1.33 bits per heavy atom. The summed E-state index contributed by atoms with van der Waals surface area (Å²) in [5.41, 5.74) is 4.27. The van der Waals surface area contributed by atoms with E-state index in [0.717, 1.165) is 6.08 Å². The van der Waals surface area contributed by atoms with Crippen LogP contribution in [0, 0.1) is 0 Å². The van der Waals surface area contributed by atoms with Crippen molar-refractivity contribution in [2.75, 3.05) is 0 Å². The summed E-state index contributed by atoms with van der Waals surface area (Å²) in [6.45, 7) is 2.54. The van der Waals surface area contributed by atoms with Gasteiger partial charge in [-0.2, -0.15) is 13.2 Å². The molecule has 0 fully saturated rings. The highest BCUT2D eigenvalue weighted by Crippen LogP contribution is 2.30. The van der Waals surface area contributed by atoms with Crippen LogP contribution in [0.4, 0.5) is 13.2 Å². The molecular weight excluding hydrogens is 191 g/mol. The molecule has 5 heteroatoms. The number of alkyl halides is 3. The molecule has 70 valence electrons. The lowest BCUT2D eigenvalue weighted by atomic mass is 10.2. The van der Waals surface area contributed by atoms with Crippen LogP contribution in [-0.4, -0.2) is 6.18 Å². The summed E-state index contributed by atoms with van der Waals surface area (Å²) in [5, 5.41) is -0.313. The van der Waals surface area contributed by atoms with Crippen LogP contribution < -0.4 is 5.73 Å². The van der Waals surface area contributed by atoms with Gasteiger partial charge >= 0.3 is 6.18 Å². The van der Waals surface area contributed by atoms with Crippen molar-refractivity contribution in [2.45, 2.75) is 20.0 Å². The summed E-state index contributed by atoms with van der Waals surface area (Å²) >= 11 is 5.23. The number of rotatable bonds is 1. The maximum absolute atomic E-state index is 12.1. The largest absolute Gasteiger partial charge is 0.417 e. The second-order valence-electron chi connectivity index (χ2n) is 2.33. The van der Waals surface area contributed by atoms with Crippen LogP contribution in [0.5, 0.6) is 0 Å². The van der Waals surface area contributed by atoms with E-state index in [9.17, 15) is 13.2 Å². The lowest BCUT2D eigenvalue weighted by Crippen LogP contribution is -2.12. The number of hydrogen-bond donors (Lipinski definition) is 1. The zero-order valence-electron chi connectivity index (χ0n) is 6.67. The third-order valence-corrected chi connectivity index (χ3v) is 1.25. The molecule has 0 amide bonds. The molecular formula is C7H9ClF3N. The molecule has 0 aliphatic heterocycles. The molecule has 2 N–H and O–H groups in total. The summed E-state index contributed by atoms with van der Waals surface area (Å²) < 4.78 is 36.3. The predicted octanol–water partition coefficient (Wildman–Crippen LogP) is 2.92. The SMILES string of the molecule is C/C(Cl)=C(\C=C(/C)N)C(F)(F)F. The van der Waals surface area contributed by atoms with E-state index in [1.165, 1.54) is 13.8 Å². The van der Waals surface area contributed by atoms with E-state index in [1.54, 1.807) is 0 Å². The van der Waals surface area contributed by atoms with Crippen LogP contribution in [0.3, 0.4) is 0 Å². The minimum atomic E-state index is -4.44. The first kappa shape index (κ1) is 11.4. The van der Waals surface area contributed by atoms with Gasteiger partial charge in [0.25, 0.3) is 0 Å². The molecule has 0 spiro atoms. The van der Waals surface area contributed by atoms with Crippen molar-refractivity contribution in [1.29, 1.82) is 0 Å². The van der Waals surface area contributed by atoms with E-state index in [0.29, 0.717) is 0 Å². The first-order chi connectivity index (χ1) is 5.25. The third kappa shape index (κ3) is 3.67. The third-order valence-electron chi connectivity index (χ3n) is 1.05. The van der Waals surface area contributed by atoms with E-state index in [-0.39, 0.29) is 10.7 Å². The van der Waals surface area contributed by atoms with Crippen molar-refractivity contribution in [3.05, 3.63) is 22.4 Å². The Labute approximate surface area is 73.7 Å². The van der Waals surface area contributed by atoms with Gasteiger partial charge in [0, 0.05) is 10.7 Å². The topological polar surface area (TPSA) is 26.0 Å². The maximum atomic E-state index is 12.1. The minimum absolute atomic E-state index is 0.0716. The number of allylic oxidation sites excluding steroid dienone is 4. The average molecular weight is 200 g/mol. The lowest BCUT2D eigenvalue weighted by molar-refractivity contribution is -0.0886. The quantitative estimate of drug-likeness (QED) is 0.646. The van der Waals surface area contributed by atoms with Gasteiger partial charge in [-0.25, -0.2) is 0 Å². The summed E-state index contributed by atoms with van der Waals surface area (Å²) in [7, 11) is 0. The van der Waals surface area contributed by atoms with E-state index in [2.05, 4.69) is 0 Å². The van der Waals surface area contributed by atoms with Crippen molar-refractivity contribution in [2.24, 2.45) is 5.73 Å². The highest BCUT2D eigenvalue weighted by atomic mass is 35.5. The van der Waals surface area contributed by atoms with E-state index < -0.39 is 11.7 Å². The number of halogens is 4. The molecule has 0 saturated heterocycles. The van der Waals surface area contributed by atoms with Gasteiger partial charge in [-0.1, -0.05) is 11.6 Å². The van der Waals surface area contributed by atoms with Gasteiger partial charge in [0.1, 0.15) is 0 Å². The Balaban J connectivity index is 4.99. The Hall–Kier alpha value is -0.640. The van der Waals surface area contributed by atoms with Crippen molar-refractivity contribution < 1.29 is 13.2 Å². The van der Waals surface area contributed by atoms with Crippen molar-refractivity contribution in [3.8, 4) is 0 Å². The molecule has 0 rings (SSSR count). The molecule has 0 aromatic heterocycles. The Bertz CT molecular complexity index is 219. The zero-order valence-corrected chi connectivity index (χ0v) is 7.42. The second-order valence-corrected chi connectivity index (χ2v) is 2.90. The fraction of sp³-hybridized carbons (Fsp3) is 0.429. The monoisotopic (exact) mass is 199 g/mol. The van der Waals surface area contributed by atoms with Crippen LogP contribution in [0.2, 0.25) is 0 Å². The summed E-state index contributed by atoms with van der Waals surface area (Å²) in [5.74, 6) is 0. The van der Waals surface area contributed by atoms with E-state index in [1.807, 2.05) is 0 Å². The molecule has 1 nitrogen and oxygen atoms in total. The van der Waals surface area contributed by atoms with Gasteiger partial charge in [0.15, 0.2) is 0 Å². The molecule has 0 aromatic carbocycles. The smallest absolute Gasteiger partial charge is 0.402 e. The van der Waals surface area contributed by atoms with Crippen LogP contribution in [-0.2, 0) is 0 Å². The number of hydrogen-bond acceptors (Lipinski definition) is 1. The van der Waals surface area contributed by atoms with Gasteiger partial charge in [-0.3, -0.25) is 0 Å². The Morgan fingerprint density at radius 3 is 1.83 bits per heavy atom. The highest BCUT2D eigenvalue weighted by molar-refractivity contribution is 6.29. The molecule has 0 atom stereocenters. The van der Waals surface area contributed by atoms with Gasteiger partial charge in [-0.15, -0.1) is 0 Å². The van der Waals surface area contributed by atoms with Crippen molar-refractivity contribution >= 4 is 11.6 Å². The first-order valence-electron chi connectivity index (χ1n) is 3.12. The van der Waals surface area contributed by atoms with Crippen LogP contribution in [0.25, 0.3) is 0 Å². The first-order valence-corrected chi connectivity index (χ1v) is 3.50. The molecule has 0 bridgehead atoms. The fourth-order valence-corrected chi connectivity index (χ4v) is 0.766. The molecule has 0 aliphatic carbocycles. The lowest BCUT2D eigenvalue weighted by Gasteiger charge is -2.08. The maximum Gasteiger partial charge on any atom is 0.417 e. The molecule has 0 heterocycles. The Kier molecular flexibility index (Phi) is 3.64. The summed E-state index contributed by atoms with van der Waals surface area (Å²) in [6, 6.07) is 0. The van der Waals surface area contributed by atoms with Gasteiger partial charge in [0.2, 0.25) is 0 Å². The summed E-state index contributed by atoms with van der Waals surface area (Å²) in [4.78, 5) is 0.